The molecule has 1 fully saturated rings. The third kappa shape index (κ3) is 4.03. The molecule has 21 heavy (non-hydrogen) atoms. The monoisotopic (exact) mass is 291 g/mol. The summed E-state index contributed by atoms with van der Waals surface area (Å²) in [4.78, 5) is 4.37. The van der Waals surface area contributed by atoms with Gasteiger partial charge in [-0.15, -0.1) is 0 Å². The molecule has 0 atom stereocenters. The predicted octanol–water partition coefficient (Wildman–Crippen LogP) is 2.30. The van der Waals surface area contributed by atoms with Crippen LogP contribution in [0.3, 0.4) is 0 Å². The Morgan fingerprint density at radius 1 is 1.29 bits per heavy atom. The summed E-state index contributed by atoms with van der Waals surface area (Å²) in [6, 6.07) is 5.76. The van der Waals surface area contributed by atoms with Gasteiger partial charge in [0.1, 0.15) is 0 Å². The van der Waals surface area contributed by atoms with E-state index in [4.69, 9.17) is 15.2 Å². The van der Waals surface area contributed by atoms with E-state index in [1.165, 1.54) is 19.3 Å². The largest absolute Gasteiger partial charge is 0.493 e. The highest BCUT2D eigenvalue weighted by Gasteiger charge is 2.31. The summed E-state index contributed by atoms with van der Waals surface area (Å²) in [6.45, 7) is 3.70. The van der Waals surface area contributed by atoms with Crippen molar-refractivity contribution in [3.05, 3.63) is 23.8 Å². The number of nitrogens with zero attached hydrogens (tertiary/aromatic N) is 1. The first-order chi connectivity index (χ1) is 10.1. The van der Waals surface area contributed by atoms with Crippen molar-refractivity contribution in [1.29, 1.82) is 0 Å². The van der Waals surface area contributed by atoms with Gasteiger partial charge in [0.15, 0.2) is 17.5 Å². The van der Waals surface area contributed by atoms with E-state index in [9.17, 15) is 0 Å². The molecular weight excluding hydrogens is 266 g/mol. The van der Waals surface area contributed by atoms with Gasteiger partial charge in [-0.1, -0.05) is 19.4 Å². The summed E-state index contributed by atoms with van der Waals surface area (Å²) < 4.78 is 10.5. The van der Waals surface area contributed by atoms with Crippen LogP contribution in [0.25, 0.3) is 0 Å². The zero-order valence-corrected chi connectivity index (χ0v) is 13.1. The van der Waals surface area contributed by atoms with Crippen LogP contribution in [-0.2, 0) is 6.54 Å². The van der Waals surface area contributed by atoms with Crippen molar-refractivity contribution in [1.82, 2.24) is 5.32 Å². The molecule has 3 N–H and O–H groups in total. The van der Waals surface area contributed by atoms with Crippen molar-refractivity contribution in [3.63, 3.8) is 0 Å². The van der Waals surface area contributed by atoms with Gasteiger partial charge in [-0.25, -0.2) is 4.99 Å². The zero-order valence-electron chi connectivity index (χ0n) is 13.1. The highest BCUT2D eigenvalue weighted by atomic mass is 16.5. The molecule has 2 rings (SSSR count). The van der Waals surface area contributed by atoms with E-state index >= 15 is 0 Å². The molecule has 1 aromatic rings. The smallest absolute Gasteiger partial charge is 0.188 e. The number of nitrogens with two attached hydrogens (primary N) is 1. The maximum Gasteiger partial charge on any atom is 0.188 e. The molecule has 1 saturated carbocycles. The average molecular weight is 291 g/mol. The summed E-state index contributed by atoms with van der Waals surface area (Å²) in [5.74, 6) is 1.92. The van der Waals surface area contributed by atoms with E-state index in [0.29, 0.717) is 29.4 Å². The molecule has 5 nitrogen and oxygen atoms in total. The minimum atomic E-state index is 0.392. The van der Waals surface area contributed by atoms with Gasteiger partial charge >= 0.3 is 0 Å². The van der Waals surface area contributed by atoms with E-state index < -0.39 is 0 Å². The zero-order chi connectivity index (χ0) is 15.3. The summed E-state index contributed by atoms with van der Waals surface area (Å²) in [6.07, 6.45) is 3.85. The van der Waals surface area contributed by atoms with E-state index in [1.807, 2.05) is 18.2 Å². The molecule has 0 amide bonds. The van der Waals surface area contributed by atoms with E-state index in [-0.39, 0.29) is 0 Å². The summed E-state index contributed by atoms with van der Waals surface area (Å²) >= 11 is 0. The predicted molar refractivity (Wildman–Crippen MR) is 84.8 cm³/mol. The Kier molecular flexibility index (Phi) is 4.94. The van der Waals surface area contributed by atoms with E-state index in [1.54, 1.807) is 14.2 Å². The molecule has 0 aliphatic heterocycles. The van der Waals surface area contributed by atoms with E-state index in [2.05, 4.69) is 17.2 Å². The molecule has 116 valence electrons. The van der Waals surface area contributed by atoms with Gasteiger partial charge in [0.05, 0.1) is 20.8 Å². The highest BCUT2D eigenvalue weighted by Crippen LogP contribution is 2.39. The number of hydrogen-bond donors (Lipinski definition) is 2. The third-order valence-corrected chi connectivity index (χ3v) is 4.14. The standard InChI is InChI=1S/C16H25N3O2/c1-16(7-4-8-16)11-19-15(17)18-10-12-5-6-13(20-2)14(9-12)21-3/h5-6,9H,4,7-8,10-11H2,1-3H3,(H3,17,18,19). The molecule has 5 heteroatoms. The lowest BCUT2D eigenvalue weighted by Gasteiger charge is -2.38. The van der Waals surface area contributed by atoms with Crippen LogP contribution in [0.2, 0.25) is 0 Å². The lowest BCUT2D eigenvalue weighted by atomic mass is 9.70. The van der Waals surface area contributed by atoms with Gasteiger partial charge in [0.2, 0.25) is 0 Å². The number of benzene rings is 1. The Morgan fingerprint density at radius 2 is 2.00 bits per heavy atom. The normalized spacial score (nSPS) is 17.0. The van der Waals surface area contributed by atoms with Crippen LogP contribution >= 0.6 is 0 Å². The number of rotatable bonds is 6. The lowest BCUT2D eigenvalue weighted by molar-refractivity contribution is 0.165. The van der Waals surface area contributed by atoms with Crippen molar-refractivity contribution in [2.45, 2.75) is 32.7 Å². The fourth-order valence-electron chi connectivity index (χ4n) is 2.47. The molecular formula is C16H25N3O2. The Bertz CT molecular complexity index is 510. The molecule has 1 aliphatic rings. The number of aliphatic imine (C=N–C) groups is 1. The minimum absolute atomic E-state index is 0.392. The number of methoxy groups -OCH3 is 2. The minimum Gasteiger partial charge on any atom is -0.493 e. The topological polar surface area (TPSA) is 68.9 Å². The van der Waals surface area contributed by atoms with Gasteiger partial charge in [0.25, 0.3) is 0 Å². The van der Waals surface area contributed by atoms with Crippen molar-refractivity contribution in [3.8, 4) is 11.5 Å². The van der Waals surface area contributed by atoms with Gasteiger partial charge < -0.3 is 20.5 Å². The Hall–Kier alpha value is -1.91. The number of hydrogen-bond acceptors (Lipinski definition) is 3. The molecule has 0 saturated heterocycles. The van der Waals surface area contributed by atoms with Crippen LogP contribution in [0, 0.1) is 5.41 Å². The summed E-state index contributed by atoms with van der Waals surface area (Å²) in [7, 11) is 3.25. The average Bonchev–Trinajstić information content (AvgIpc) is 2.48. The first kappa shape index (κ1) is 15.5. The first-order valence-electron chi connectivity index (χ1n) is 7.31. The lowest BCUT2D eigenvalue weighted by Crippen LogP contribution is -2.42. The van der Waals surface area contributed by atoms with Crippen molar-refractivity contribution in [2.24, 2.45) is 16.1 Å². The van der Waals surface area contributed by atoms with Crippen LogP contribution in [0.4, 0.5) is 0 Å². The molecule has 0 unspecified atom stereocenters. The summed E-state index contributed by atoms with van der Waals surface area (Å²) in [5.41, 5.74) is 7.34. The molecule has 1 aliphatic carbocycles. The van der Waals surface area contributed by atoms with Crippen LogP contribution in [0.5, 0.6) is 11.5 Å². The quantitative estimate of drug-likeness (QED) is 0.623. The fourth-order valence-corrected chi connectivity index (χ4v) is 2.47. The molecule has 0 heterocycles. The summed E-state index contributed by atoms with van der Waals surface area (Å²) in [5, 5.41) is 3.22. The van der Waals surface area contributed by atoms with Crippen LogP contribution in [0.15, 0.2) is 23.2 Å². The second-order valence-electron chi connectivity index (χ2n) is 5.91. The maximum absolute atomic E-state index is 5.92. The van der Waals surface area contributed by atoms with Crippen molar-refractivity contribution >= 4 is 5.96 Å². The maximum atomic E-state index is 5.92. The molecule has 0 aromatic heterocycles. The van der Waals surface area contributed by atoms with E-state index in [0.717, 1.165) is 12.1 Å². The molecule has 1 aromatic carbocycles. The first-order valence-corrected chi connectivity index (χ1v) is 7.31. The number of ether oxygens (including phenoxy) is 2. The molecule has 0 spiro atoms. The Balaban J connectivity index is 1.90. The third-order valence-electron chi connectivity index (χ3n) is 4.14. The Morgan fingerprint density at radius 3 is 2.57 bits per heavy atom. The van der Waals surface area contributed by atoms with Crippen LogP contribution in [-0.4, -0.2) is 26.7 Å². The number of guanidine groups is 1. The second-order valence-corrected chi connectivity index (χ2v) is 5.91. The Labute approximate surface area is 126 Å². The highest BCUT2D eigenvalue weighted by molar-refractivity contribution is 5.77. The SMILES string of the molecule is COc1ccc(CN=C(N)NCC2(C)CCC2)cc1OC. The van der Waals surface area contributed by atoms with Gasteiger partial charge in [-0.2, -0.15) is 0 Å². The fraction of sp³-hybridized carbons (Fsp3) is 0.562. The molecule has 0 bridgehead atoms. The van der Waals surface area contributed by atoms with Crippen LogP contribution < -0.4 is 20.5 Å². The van der Waals surface area contributed by atoms with Crippen LogP contribution in [0.1, 0.15) is 31.7 Å². The van der Waals surface area contributed by atoms with Gasteiger partial charge in [-0.05, 0) is 36.0 Å². The second kappa shape index (κ2) is 6.70. The van der Waals surface area contributed by atoms with Gasteiger partial charge in [-0.3, -0.25) is 0 Å². The number of nitrogens with one attached hydrogen (secondary N) is 1. The van der Waals surface area contributed by atoms with Gasteiger partial charge in [0, 0.05) is 6.54 Å². The molecule has 0 radical (unpaired) electrons. The van der Waals surface area contributed by atoms with Crippen molar-refractivity contribution in [2.75, 3.05) is 20.8 Å². The van der Waals surface area contributed by atoms with Crippen molar-refractivity contribution < 1.29 is 9.47 Å².